The highest BCUT2D eigenvalue weighted by molar-refractivity contribution is 5.23. The second kappa shape index (κ2) is 7.02. The van der Waals surface area contributed by atoms with Crippen LogP contribution in [0.4, 0.5) is 8.78 Å². The lowest BCUT2D eigenvalue weighted by molar-refractivity contribution is 0.299. The van der Waals surface area contributed by atoms with Crippen LogP contribution in [0.5, 0.6) is 0 Å². The Balaban J connectivity index is 1.85. The molecule has 1 fully saturated rings. The summed E-state index contributed by atoms with van der Waals surface area (Å²) < 4.78 is 26.7. The van der Waals surface area contributed by atoms with Crippen LogP contribution in [0.1, 0.15) is 69.8 Å². The van der Waals surface area contributed by atoms with Crippen molar-refractivity contribution in [1.82, 2.24) is 0 Å². The lowest BCUT2D eigenvalue weighted by atomic mass is 9.77. The first-order chi connectivity index (χ1) is 9.20. The maximum atomic E-state index is 13.7. The maximum absolute atomic E-state index is 13.7. The molecule has 1 aliphatic carbocycles. The Morgan fingerprint density at radius 1 is 1.05 bits per heavy atom. The second-order valence-corrected chi connectivity index (χ2v) is 5.88. The van der Waals surface area contributed by atoms with Gasteiger partial charge in [-0.15, -0.1) is 0 Å². The summed E-state index contributed by atoms with van der Waals surface area (Å²) in [5.41, 5.74) is 0.716. The van der Waals surface area contributed by atoms with Crippen molar-refractivity contribution in [2.45, 2.75) is 64.2 Å². The zero-order valence-electron chi connectivity index (χ0n) is 11.8. The fraction of sp³-hybridized carbons (Fsp3) is 0.647. The van der Waals surface area contributed by atoms with Crippen LogP contribution in [0.3, 0.4) is 0 Å². The Kier molecular flexibility index (Phi) is 5.35. The minimum absolute atomic E-state index is 0.294. The van der Waals surface area contributed by atoms with Gasteiger partial charge in [-0.25, -0.2) is 8.78 Å². The molecule has 0 radical (unpaired) electrons. The van der Waals surface area contributed by atoms with Crippen LogP contribution < -0.4 is 0 Å². The third kappa shape index (κ3) is 4.02. The molecular weight excluding hydrogens is 242 g/mol. The van der Waals surface area contributed by atoms with E-state index < -0.39 is 5.82 Å². The highest BCUT2D eigenvalue weighted by Gasteiger charge is 2.24. The lowest BCUT2D eigenvalue weighted by Gasteiger charge is -2.29. The molecule has 0 aliphatic heterocycles. The Morgan fingerprint density at radius 2 is 1.79 bits per heavy atom. The summed E-state index contributed by atoms with van der Waals surface area (Å²) in [7, 11) is 0. The highest BCUT2D eigenvalue weighted by Crippen LogP contribution is 2.38. The van der Waals surface area contributed by atoms with Crippen LogP contribution in [0.2, 0.25) is 0 Å². The van der Waals surface area contributed by atoms with Crippen molar-refractivity contribution < 1.29 is 8.78 Å². The van der Waals surface area contributed by atoms with Crippen LogP contribution in [0.25, 0.3) is 0 Å². The zero-order valence-corrected chi connectivity index (χ0v) is 11.8. The van der Waals surface area contributed by atoms with Gasteiger partial charge >= 0.3 is 0 Å². The second-order valence-electron chi connectivity index (χ2n) is 5.88. The van der Waals surface area contributed by atoms with Crippen molar-refractivity contribution in [2.24, 2.45) is 5.92 Å². The summed E-state index contributed by atoms with van der Waals surface area (Å²) in [5.74, 6) is 0.276. The molecule has 0 nitrogen and oxygen atoms in total. The van der Waals surface area contributed by atoms with Gasteiger partial charge in [0, 0.05) is 6.07 Å². The first-order valence-corrected chi connectivity index (χ1v) is 7.65. The van der Waals surface area contributed by atoms with E-state index in [1.54, 1.807) is 6.07 Å². The van der Waals surface area contributed by atoms with Crippen LogP contribution in [0, 0.1) is 17.6 Å². The van der Waals surface area contributed by atoms with Gasteiger partial charge in [0.2, 0.25) is 0 Å². The first-order valence-electron chi connectivity index (χ1n) is 7.65. The van der Waals surface area contributed by atoms with Crippen molar-refractivity contribution in [3.8, 4) is 0 Å². The minimum Gasteiger partial charge on any atom is -0.207 e. The number of unbranched alkanes of at least 4 members (excludes halogenated alkanes) is 2. The molecule has 0 saturated heterocycles. The van der Waals surface area contributed by atoms with E-state index in [0.29, 0.717) is 11.5 Å². The van der Waals surface area contributed by atoms with Gasteiger partial charge in [-0.05, 0) is 49.1 Å². The molecule has 2 heteroatoms. The molecule has 0 bridgehead atoms. The third-order valence-corrected chi connectivity index (χ3v) is 4.47. The van der Waals surface area contributed by atoms with Crippen LogP contribution in [-0.2, 0) is 0 Å². The van der Waals surface area contributed by atoms with Gasteiger partial charge in [-0.3, -0.25) is 0 Å². The Hall–Kier alpha value is -0.920. The smallest absolute Gasteiger partial charge is 0.129 e. The predicted octanol–water partition coefficient (Wildman–Crippen LogP) is 5.82. The highest BCUT2D eigenvalue weighted by atomic mass is 19.1. The van der Waals surface area contributed by atoms with E-state index in [2.05, 4.69) is 6.92 Å². The summed E-state index contributed by atoms with van der Waals surface area (Å²) in [6.45, 7) is 2.23. The molecule has 0 unspecified atom stereocenters. The molecule has 1 aromatic carbocycles. The van der Waals surface area contributed by atoms with Crippen LogP contribution in [0.15, 0.2) is 18.2 Å². The predicted molar refractivity (Wildman–Crippen MR) is 75.2 cm³/mol. The van der Waals surface area contributed by atoms with E-state index in [9.17, 15) is 8.78 Å². The Labute approximate surface area is 115 Å². The number of rotatable bonds is 5. The fourth-order valence-electron chi connectivity index (χ4n) is 3.28. The quantitative estimate of drug-likeness (QED) is 0.589. The molecule has 19 heavy (non-hydrogen) atoms. The zero-order chi connectivity index (χ0) is 13.7. The van der Waals surface area contributed by atoms with E-state index in [4.69, 9.17) is 0 Å². The van der Waals surface area contributed by atoms with Crippen molar-refractivity contribution >= 4 is 0 Å². The van der Waals surface area contributed by atoms with Gasteiger partial charge in [-0.1, -0.05) is 38.7 Å². The summed E-state index contributed by atoms with van der Waals surface area (Å²) >= 11 is 0. The summed E-state index contributed by atoms with van der Waals surface area (Å²) in [6.07, 6.45) is 9.76. The van der Waals surface area contributed by atoms with Gasteiger partial charge in [0.1, 0.15) is 11.6 Å². The molecule has 0 spiro atoms. The maximum Gasteiger partial charge on any atom is 0.129 e. The fourth-order valence-corrected chi connectivity index (χ4v) is 3.28. The molecule has 1 aromatic rings. The number of hydrogen-bond donors (Lipinski definition) is 0. The molecule has 1 saturated carbocycles. The van der Waals surface area contributed by atoms with E-state index in [1.165, 1.54) is 44.6 Å². The normalized spacial score (nSPS) is 23.5. The Bertz CT molecular complexity index is 392. The molecule has 0 heterocycles. The van der Waals surface area contributed by atoms with Crippen LogP contribution in [-0.4, -0.2) is 0 Å². The average molecular weight is 266 g/mol. The lowest BCUT2D eigenvalue weighted by Crippen LogP contribution is -2.14. The number of halogens is 2. The van der Waals surface area contributed by atoms with Gasteiger partial charge < -0.3 is 0 Å². The molecule has 106 valence electrons. The van der Waals surface area contributed by atoms with Gasteiger partial charge in [0.15, 0.2) is 0 Å². The SMILES string of the molecule is CCCCCC1CCC(c2ccc(F)cc2F)CC1. The summed E-state index contributed by atoms with van der Waals surface area (Å²) in [4.78, 5) is 0. The first kappa shape index (κ1) is 14.5. The minimum atomic E-state index is -0.477. The third-order valence-electron chi connectivity index (χ3n) is 4.47. The molecular formula is C17H24F2. The topological polar surface area (TPSA) is 0 Å². The standard InChI is InChI=1S/C17H24F2/c1-2-3-4-5-13-6-8-14(9-7-13)16-11-10-15(18)12-17(16)19/h10-14H,2-9H2,1H3. The van der Waals surface area contributed by atoms with E-state index >= 15 is 0 Å². The molecule has 2 rings (SSSR count). The van der Waals surface area contributed by atoms with E-state index in [0.717, 1.165) is 24.8 Å². The Morgan fingerprint density at radius 3 is 2.42 bits per heavy atom. The number of benzene rings is 1. The molecule has 0 amide bonds. The van der Waals surface area contributed by atoms with Gasteiger partial charge in [-0.2, -0.15) is 0 Å². The van der Waals surface area contributed by atoms with Gasteiger partial charge in [0.25, 0.3) is 0 Å². The average Bonchev–Trinajstić information content (AvgIpc) is 2.40. The van der Waals surface area contributed by atoms with Crippen LogP contribution >= 0.6 is 0 Å². The summed E-state index contributed by atoms with van der Waals surface area (Å²) in [5, 5.41) is 0. The van der Waals surface area contributed by atoms with E-state index in [1.807, 2.05) is 0 Å². The molecule has 0 atom stereocenters. The molecule has 0 N–H and O–H groups in total. The van der Waals surface area contributed by atoms with Crippen molar-refractivity contribution in [2.75, 3.05) is 0 Å². The van der Waals surface area contributed by atoms with Gasteiger partial charge in [0.05, 0.1) is 0 Å². The summed E-state index contributed by atoms with van der Waals surface area (Å²) in [6, 6.07) is 4.03. The van der Waals surface area contributed by atoms with E-state index in [-0.39, 0.29) is 5.82 Å². The van der Waals surface area contributed by atoms with Crippen molar-refractivity contribution in [3.63, 3.8) is 0 Å². The molecule has 1 aliphatic rings. The van der Waals surface area contributed by atoms with Crippen molar-refractivity contribution in [1.29, 1.82) is 0 Å². The molecule has 0 aromatic heterocycles. The van der Waals surface area contributed by atoms with Crippen molar-refractivity contribution in [3.05, 3.63) is 35.4 Å². The monoisotopic (exact) mass is 266 g/mol. The number of hydrogen-bond acceptors (Lipinski definition) is 0. The largest absolute Gasteiger partial charge is 0.207 e.